The largest absolute Gasteiger partial charge is 0.395 e. The average molecular weight is 288 g/mol. The van der Waals surface area contributed by atoms with E-state index in [-0.39, 0.29) is 30.0 Å². The van der Waals surface area contributed by atoms with Gasteiger partial charge in [0.25, 0.3) is 0 Å². The fraction of sp³-hybridized carbons (Fsp3) is 0.929. The minimum absolute atomic E-state index is 0.0312. The van der Waals surface area contributed by atoms with E-state index in [1.165, 1.54) is 12.8 Å². The normalized spacial score (nSPS) is 30.5. The standard InChI is InChI=1S/C14H28N2O2S/c1-9-6-5-7-12(10(9)2)16-14(18)15-11(3)13(8-17)19-4/h9-13,17H,5-8H2,1-4H3,(H2,15,16,18). The van der Waals surface area contributed by atoms with E-state index >= 15 is 0 Å². The van der Waals surface area contributed by atoms with Crippen LogP contribution < -0.4 is 10.6 Å². The molecule has 0 bridgehead atoms. The van der Waals surface area contributed by atoms with Crippen LogP contribution in [-0.4, -0.2) is 41.3 Å². The van der Waals surface area contributed by atoms with Crippen LogP contribution >= 0.6 is 11.8 Å². The molecule has 5 atom stereocenters. The molecule has 0 spiro atoms. The molecular formula is C14H28N2O2S. The Kier molecular flexibility index (Phi) is 7.00. The molecule has 1 rings (SSSR count). The highest BCUT2D eigenvalue weighted by atomic mass is 32.2. The summed E-state index contributed by atoms with van der Waals surface area (Å²) in [7, 11) is 0. The number of rotatable bonds is 5. The van der Waals surface area contributed by atoms with Gasteiger partial charge in [-0.2, -0.15) is 11.8 Å². The van der Waals surface area contributed by atoms with Crippen LogP contribution in [0, 0.1) is 11.8 Å². The molecule has 1 aliphatic rings. The minimum atomic E-state index is -0.106. The maximum absolute atomic E-state index is 12.0. The van der Waals surface area contributed by atoms with Gasteiger partial charge in [0.15, 0.2) is 0 Å². The van der Waals surface area contributed by atoms with Gasteiger partial charge in [-0.05, 0) is 31.4 Å². The number of hydrogen-bond donors (Lipinski definition) is 3. The molecular weight excluding hydrogens is 260 g/mol. The van der Waals surface area contributed by atoms with Gasteiger partial charge in [-0.3, -0.25) is 0 Å². The topological polar surface area (TPSA) is 61.4 Å². The first-order valence-electron chi connectivity index (χ1n) is 7.20. The van der Waals surface area contributed by atoms with Gasteiger partial charge in [0.2, 0.25) is 0 Å². The SMILES string of the molecule is CSC(CO)C(C)NC(=O)NC1CCCC(C)C1C. The number of carbonyl (C=O) groups excluding carboxylic acids is 1. The van der Waals surface area contributed by atoms with Gasteiger partial charge in [0.1, 0.15) is 0 Å². The number of nitrogens with one attached hydrogen (secondary N) is 2. The first-order chi connectivity index (χ1) is 8.99. The summed E-state index contributed by atoms with van der Waals surface area (Å²) >= 11 is 1.57. The molecule has 0 aromatic carbocycles. The smallest absolute Gasteiger partial charge is 0.315 e. The molecule has 0 saturated heterocycles. The van der Waals surface area contributed by atoms with Gasteiger partial charge in [-0.15, -0.1) is 0 Å². The number of aliphatic hydroxyl groups excluding tert-OH is 1. The second kappa shape index (κ2) is 8.00. The summed E-state index contributed by atoms with van der Waals surface area (Å²) in [5, 5.41) is 15.3. The molecule has 4 nitrogen and oxygen atoms in total. The quantitative estimate of drug-likeness (QED) is 0.727. The highest BCUT2D eigenvalue weighted by molar-refractivity contribution is 7.99. The lowest BCUT2D eigenvalue weighted by atomic mass is 9.78. The highest BCUT2D eigenvalue weighted by Crippen LogP contribution is 2.29. The molecule has 3 N–H and O–H groups in total. The number of urea groups is 1. The molecule has 2 amide bonds. The minimum Gasteiger partial charge on any atom is -0.395 e. The van der Waals surface area contributed by atoms with Crippen LogP contribution in [0.4, 0.5) is 4.79 Å². The summed E-state index contributed by atoms with van der Waals surface area (Å²) in [5.41, 5.74) is 0. The summed E-state index contributed by atoms with van der Waals surface area (Å²) in [6.45, 7) is 6.49. The molecule has 0 aliphatic heterocycles. The Bertz CT molecular complexity index is 285. The van der Waals surface area contributed by atoms with Gasteiger partial charge in [0.05, 0.1) is 6.61 Å². The maximum atomic E-state index is 12.0. The van der Waals surface area contributed by atoms with Crippen LogP contribution in [0.2, 0.25) is 0 Å². The molecule has 112 valence electrons. The molecule has 1 saturated carbocycles. The van der Waals surface area contributed by atoms with Crippen molar-refractivity contribution in [1.82, 2.24) is 10.6 Å². The summed E-state index contributed by atoms with van der Waals surface area (Å²) in [4.78, 5) is 12.0. The molecule has 1 fully saturated rings. The Morgan fingerprint density at radius 2 is 2.11 bits per heavy atom. The van der Waals surface area contributed by atoms with E-state index in [1.807, 2.05) is 13.2 Å². The van der Waals surface area contributed by atoms with Gasteiger partial charge >= 0.3 is 6.03 Å². The van der Waals surface area contributed by atoms with Crippen molar-refractivity contribution in [3.8, 4) is 0 Å². The monoisotopic (exact) mass is 288 g/mol. The molecule has 0 radical (unpaired) electrons. The van der Waals surface area contributed by atoms with Crippen LogP contribution in [-0.2, 0) is 0 Å². The van der Waals surface area contributed by atoms with Crippen molar-refractivity contribution in [3.05, 3.63) is 0 Å². The predicted octanol–water partition coefficient (Wildman–Crippen LogP) is 2.22. The van der Waals surface area contributed by atoms with Crippen molar-refractivity contribution in [2.45, 2.75) is 57.4 Å². The maximum Gasteiger partial charge on any atom is 0.315 e. The Labute approximate surface area is 121 Å². The second-order valence-corrected chi connectivity index (χ2v) is 6.81. The zero-order chi connectivity index (χ0) is 14.4. The van der Waals surface area contributed by atoms with E-state index < -0.39 is 0 Å². The molecule has 1 aliphatic carbocycles. The lowest BCUT2D eigenvalue weighted by molar-refractivity contribution is 0.192. The van der Waals surface area contributed by atoms with Crippen LogP contribution in [0.25, 0.3) is 0 Å². The van der Waals surface area contributed by atoms with E-state index in [9.17, 15) is 9.90 Å². The third kappa shape index (κ3) is 4.88. The van der Waals surface area contributed by atoms with E-state index in [0.29, 0.717) is 11.8 Å². The number of carbonyl (C=O) groups is 1. The molecule has 0 heterocycles. The number of hydrogen-bond acceptors (Lipinski definition) is 3. The van der Waals surface area contributed by atoms with E-state index in [0.717, 1.165) is 6.42 Å². The zero-order valence-corrected chi connectivity index (χ0v) is 13.3. The van der Waals surface area contributed by atoms with Gasteiger partial charge in [-0.25, -0.2) is 4.79 Å². The van der Waals surface area contributed by atoms with E-state index in [1.54, 1.807) is 11.8 Å². The van der Waals surface area contributed by atoms with Crippen LogP contribution in [0.15, 0.2) is 0 Å². The van der Waals surface area contributed by atoms with Gasteiger partial charge in [0, 0.05) is 17.3 Å². The number of thioether (sulfide) groups is 1. The van der Waals surface area contributed by atoms with E-state index in [2.05, 4.69) is 24.5 Å². The lowest BCUT2D eigenvalue weighted by Crippen LogP contribution is -2.52. The van der Waals surface area contributed by atoms with E-state index in [4.69, 9.17) is 0 Å². The third-order valence-electron chi connectivity index (χ3n) is 4.42. The Hall–Kier alpha value is -0.420. The first-order valence-corrected chi connectivity index (χ1v) is 8.49. The van der Waals surface area contributed by atoms with Crippen molar-refractivity contribution >= 4 is 17.8 Å². The van der Waals surface area contributed by atoms with Crippen molar-refractivity contribution in [3.63, 3.8) is 0 Å². The summed E-state index contributed by atoms with van der Waals surface area (Å²) in [5.74, 6) is 1.21. The summed E-state index contributed by atoms with van der Waals surface area (Å²) in [6.07, 6.45) is 5.47. The second-order valence-electron chi connectivity index (χ2n) is 5.74. The third-order valence-corrected chi connectivity index (χ3v) is 5.59. The van der Waals surface area contributed by atoms with Crippen LogP contribution in [0.5, 0.6) is 0 Å². The number of amides is 2. The fourth-order valence-electron chi connectivity index (χ4n) is 2.73. The predicted molar refractivity (Wildman–Crippen MR) is 81.5 cm³/mol. The average Bonchev–Trinajstić information content (AvgIpc) is 2.36. The van der Waals surface area contributed by atoms with Crippen molar-refractivity contribution in [2.75, 3.05) is 12.9 Å². The Morgan fingerprint density at radius 1 is 1.42 bits per heavy atom. The molecule has 5 unspecified atom stereocenters. The van der Waals surface area contributed by atoms with Crippen molar-refractivity contribution in [2.24, 2.45) is 11.8 Å². The van der Waals surface area contributed by atoms with Gasteiger partial charge in [-0.1, -0.05) is 26.7 Å². The number of aliphatic hydroxyl groups is 1. The molecule has 5 heteroatoms. The Morgan fingerprint density at radius 3 is 2.68 bits per heavy atom. The van der Waals surface area contributed by atoms with Crippen LogP contribution in [0.3, 0.4) is 0 Å². The summed E-state index contributed by atoms with van der Waals surface area (Å²) in [6, 6.07) is 0.139. The fourth-order valence-corrected chi connectivity index (χ4v) is 3.36. The lowest BCUT2D eigenvalue weighted by Gasteiger charge is -2.35. The molecule has 19 heavy (non-hydrogen) atoms. The Balaban J connectivity index is 2.42. The summed E-state index contributed by atoms with van der Waals surface area (Å²) < 4.78 is 0. The first kappa shape index (κ1) is 16.6. The van der Waals surface area contributed by atoms with Gasteiger partial charge < -0.3 is 15.7 Å². The zero-order valence-electron chi connectivity index (χ0n) is 12.5. The molecule has 0 aromatic heterocycles. The molecule has 0 aromatic rings. The van der Waals surface area contributed by atoms with Crippen molar-refractivity contribution in [1.29, 1.82) is 0 Å². The van der Waals surface area contributed by atoms with Crippen molar-refractivity contribution < 1.29 is 9.90 Å². The highest BCUT2D eigenvalue weighted by Gasteiger charge is 2.28. The van der Waals surface area contributed by atoms with Crippen LogP contribution in [0.1, 0.15) is 40.0 Å².